The van der Waals surface area contributed by atoms with Crippen molar-refractivity contribution >= 4 is 29.1 Å². The maximum atomic E-state index is 11.9. The normalized spacial score (nSPS) is 22.2. The van der Waals surface area contributed by atoms with Crippen LogP contribution in [0.3, 0.4) is 0 Å². The van der Waals surface area contributed by atoms with Crippen LogP contribution in [0.15, 0.2) is 43.0 Å². The van der Waals surface area contributed by atoms with Crippen LogP contribution in [0.1, 0.15) is 27.0 Å². The summed E-state index contributed by atoms with van der Waals surface area (Å²) in [5.41, 5.74) is 2.42. The molecule has 4 atom stereocenters. The van der Waals surface area contributed by atoms with Gasteiger partial charge in [0.25, 0.3) is 0 Å². The third kappa shape index (κ3) is 4.67. The number of fused-ring (bicyclic) bond motifs is 1. The van der Waals surface area contributed by atoms with Crippen molar-refractivity contribution in [3.8, 4) is 11.3 Å². The highest BCUT2D eigenvalue weighted by atomic mass is 16.7. The molecule has 1 saturated heterocycles. The fourth-order valence-electron chi connectivity index (χ4n) is 3.76. The Bertz CT molecular complexity index is 1180. The summed E-state index contributed by atoms with van der Waals surface area (Å²) in [7, 11) is 0. The molecule has 0 N–H and O–H groups in total. The Morgan fingerprint density at radius 1 is 0.939 bits per heavy atom. The number of aromatic nitrogens is 4. The summed E-state index contributed by atoms with van der Waals surface area (Å²) in [6.07, 6.45) is -0.963. The lowest BCUT2D eigenvalue weighted by Gasteiger charge is -2.23. The number of nitrogens with zero attached hydrogens (tertiary/aromatic N) is 4. The molecule has 0 spiro atoms. The van der Waals surface area contributed by atoms with Gasteiger partial charge in [0.1, 0.15) is 30.2 Å². The molecular formula is C22H22N4O7. The van der Waals surface area contributed by atoms with E-state index in [1.165, 1.54) is 33.4 Å². The molecule has 1 aliphatic heterocycles. The second-order valence-corrected chi connectivity index (χ2v) is 7.43. The number of carbonyl (C=O) groups is 3. The van der Waals surface area contributed by atoms with Crippen LogP contribution in [-0.2, 0) is 33.3 Å². The van der Waals surface area contributed by atoms with E-state index in [0.717, 1.165) is 5.56 Å². The van der Waals surface area contributed by atoms with Crippen molar-refractivity contribution in [2.75, 3.05) is 6.61 Å². The van der Waals surface area contributed by atoms with Crippen molar-refractivity contribution in [3.63, 3.8) is 0 Å². The van der Waals surface area contributed by atoms with Gasteiger partial charge >= 0.3 is 17.9 Å². The SMILES string of the molecule is CC(=O)OC[C@@H]1OC(n2cnc3c(-c4ccccc4)ncnc32)[C@@H](OC(C)=O)[C@@H]1OC(C)=O. The molecule has 0 aliphatic carbocycles. The average molecular weight is 454 g/mol. The van der Waals surface area contributed by atoms with Crippen molar-refractivity contribution in [1.82, 2.24) is 19.5 Å². The standard InChI is InChI=1S/C22H22N4O7/c1-12(27)30-9-16-19(31-13(2)28)20(32-14(3)29)22(33-16)26-11-25-18-17(23-10-24-21(18)26)15-7-5-4-6-8-15/h4-8,10-11,16,19-20,22H,9H2,1-3H3/t16-,19+,20-,22?/m0/s1. The van der Waals surface area contributed by atoms with Crippen LogP contribution in [0.2, 0.25) is 0 Å². The Hall–Kier alpha value is -3.86. The zero-order chi connectivity index (χ0) is 23.5. The molecule has 3 heterocycles. The lowest BCUT2D eigenvalue weighted by molar-refractivity contribution is -0.166. The van der Waals surface area contributed by atoms with E-state index in [1.807, 2.05) is 30.3 Å². The van der Waals surface area contributed by atoms with E-state index in [1.54, 1.807) is 4.57 Å². The van der Waals surface area contributed by atoms with Crippen molar-refractivity contribution in [3.05, 3.63) is 43.0 Å². The Labute approximate surface area is 188 Å². The molecule has 0 bridgehead atoms. The minimum atomic E-state index is -1.03. The highest BCUT2D eigenvalue weighted by Crippen LogP contribution is 2.36. The van der Waals surface area contributed by atoms with Gasteiger partial charge < -0.3 is 18.9 Å². The summed E-state index contributed by atoms with van der Waals surface area (Å²) in [6, 6.07) is 9.48. The van der Waals surface area contributed by atoms with Gasteiger partial charge in [0.2, 0.25) is 0 Å². The molecule has 4 rings (SSSR count). The number of ether oxygens (including phenoxy) is 4. The predicted octanol–water partition coefficient (Wildman–Crippen LogP) is 1.82. The van der Waals surface area contributed by atoms with Crippen molar-refractivity contribution in [2.24, 2.45) is 0 Å². The number of benzene rings is 1. The molecule has 0 amide bonds. The van der Waals surface area contributed by atoms with Crippen molar-refractivity contribution in [2.45, 2.75) is 45.3 Å². The monoisotopic (exact) mass is 454 g/mol. The van der Waals surface area contributed by atoms with E-state index < -0.39 is 42.4 Å². The second-order valence-electron chi connectivity index (χ2n) is 7.43. The second kappa shape index (κ2) is 9.33. The maximum Gasteiger partial charge on any atom is 0.303 e. The first-order chi connectivity index (χ1) is 15.8. The van der Waals surface area contributed by atoms with Crippen LogP contribution < -0.4 is 0 Å². The number of hydrogen-bond acceptors (Lipinski definition) is 10. The van der Waals surface area contributed by atoms with Crippen molar-refractivity contribution < 1.29 is 33.3 Å². The number of imidazole rings is 1. The van der Waals surface area contributed by atoms with Gasteiger partial charge in [-0.25, -0.2) is 15.0 Å². The van der Waals surface area contributed by atoms with Gasteiger partial charge in [0.05, 0.1) is 6.33 Å². The van der Waals surface area contributed by atoms with Gasteiger partial charge in [0.15, 0.2) is 24.1 Å². The summed E-state index contributed by atoms with van der Waals surface area (Å²) in [6.45, 7) is 3.52. The summed E-state index contributed by atoms with van der Waals surface area (Å²) >= 11 is 0. The molecule has 1 aliphatic rings. The molecule has 1 aromatic carbocycles. The highest BCUT2D eigenvalue weighted by molar-refractivity contribution is 5.87. The molecule has 11 heteroatoms. The van der Waals surface area contributed by atoms with Crippen molar-refractivity contribution in [1.29, 1.82) is 0 Å². The Balaban J connectivity index is 1.76. The molecular weight excluding hydrogens is 432 g/mol. The Morgan fingerprint density at radius 3 is 2.30 bits per heavy atom. The summed E-state index contributed by atoms with van der Waals surface area (Å²) in [5, 5.41) is 0. The first-order valence-electron chi connectivity index (χ1n) is 10.2. The van der Waals surface area contributed by atoms with E-state index in [0.29, 0.717) is 16.9 Å². The molecule has 11 nitrogen and oxygen atoms in total. The first kappa shape index (κ1) is 22.3. The molecule has 0 radical (unpaired) electrons. The largest absolute Gasteiger partial charge is 0.463 e. The molecule has 3 aromatic rings. The van der Waals surface area contributed by atoms with Crippen LogP contribution >= 0.6 is 0 Å². The van der Waals surface area contributed by atoms with Gasteiger partial charge in [-0.05, 0) is 0 Å². The van der Waals surface area contributed by atoms with E-state index in [2.05, 4.69) is 15.0 Å². The third-order valence-corrected chi connectivity index (χ3v) is 5.02. The van der Waals surface area contributed by atoms with E-state index >= 15 is 0 Å². The summed E-state index contributed by atoms with van der Waals surface area (Å²) in [4.78, 5) is 48.1. The topological polar surface area (TPSA) is 132 Å². The molecule has 2 aromatic heterocycles. The van der Waals surface area contributed by atoms with E-state index in [-0.39, 0.29) is 6.61 Å². The predicted molar refractivity (Wildman–Crippen MR) is 112 cm³/mol. The molecule has 172 valence electrons. The number of esters is 3. The van der Waals surface area contributed by atoms with Crippen LogP contribution in [0.5, 0.6) is 0 Å². The Morgan fingerprint density at radius 2 is 1.64 bits per heavy atom. The summed E-state index contributed by atoms with van der Waals surface area (Å²) < 4.78 is 23.6. The number of rotatable bonds is 6. The van der Waals surface area contributed by atoms with Gasteiger partial charge in [0, 0.05) is 26.3 Å². The van der Waals surface area contributed by atoms with Gasteiger partial charge in [-0.1, -0.05) is 30.3 Å². The molecule has 33 heavy (non-hydrogen) atoms. The van der Waals surface area contributed by atoms with Crippen LogP contribution in [-0.4, -0.2) is 62.3 Å². The average Bonchev–Trinajstić information content (AvgIpc) is 3.34. The number of hydrogen-bond donors (Lipinski definition) is 0. The molecule has 0 saturated carbocycles. The lowest BCUT2D eigenvalue weighted by Crippen LogP contribution is -2.40. The van der Waals surface area contributed by atoms with Gasteiger partial charge in [-0.15, -0.1) is 0 Å². The number of carbonyl (C=O) groups excluding carboxylic acids is 3. The lowest BCUT2D eigenvalue weighted by atomic mass is 10.1. The minimum Gasteiger partial charge on any atom is -0.463 e. The highest BCUT2D eigenvalue weighted by Gasteiger charge is 2.51. The van der Waals surface area contributed by atoms with E-state index in [9.17, 15) is 14.4 Å². The van der Waals surface area contributed by atoms with Crippen LogP contribution in [0, 0.1) is 0 Å². The summed E-state index contributed by atoms with van der Waals surface area (Å²) in [5.74, 6) is -1.72. The van der Waals surface area contributed by atoms with E-state index in [4.69, 9.17) is 18.9 Å². The quantitative estimate of drug-likeness (QED) is 0.401. The third-order valence-electron chi connectivity index (χ3n) is 5.02. The molecule has 1 unspecified atom stereocenters. The smallest absolute Gasteiger partial charge is 0.303 e. The molecule has 1 fully saturated rings. The Kier molecular flexibility index (Phi) is 6.31. The van der Waals surface area contributed by atoms with Gasteiger partial charge in [-0.2, -0.15) is 0 Å². The van der Waals surface area contributed by atoms with Crippen LogP contribution in [0.4, 0.5) is 0 Å². The minimum absolute atomic E-state index is 0.196. The zero-order valence-electron chi connectivity index (χ0n) is 18.2. The fraction of sp³-hybridized carbons (Fsp3) is 0.364. The van der Waals surface area contributed by atoms with Crippen LogP contribution in [0.25, 0.3) is 22.4 Å². The fourth-order valence-corrected chi connectivity index (χ4v) is 3.76. The maximum absolute atomic E-state index is 11.9. The van der Waals surface area contributed by atoms with Gasteiger partial charge in [-0.3, -0.25) is 19.0 Å². The zero-order valence-corrected chi connectivity index (χ0v) is 18.2. The first-order valence-corrected chi connectivity index (χ1v) is 10.2.